The van der Waals surface area contributed by atoms with Gasteiger partial charge in [0.25, 0.3) is 0 Å². The van der Waals surface area contributed by atoms with Crippen molar-refractivity contribution >= 4 is 17.6 Å². The van der Waals surface area contributed by atoms with Crippen LogP contribution in [0.25, 0.3) is 0 Å². The van der Waals surface area contributed by atoms with E-state index in [0.717, 1.165) is 0 Å². The number of hydrogen-bond donors (Lipinski definition) is 10. The van der Waals surface area contributed by atoms with Gasteiger partial charge < -0.3 is 70.4 Å². The molecule has 46 heavy (non-hydrogen) atoms. The Labute approximate surface area is 267 Å². The third-order valence-corrected chi connectivity index (χ3v) is 7.93. The maximum absolute atomic E-state index is 12.3. The van der Waals surface area contributed by atoms with Crippen molar-refractivity contribution in [1.82, 2.24) is 10.6 Å². The number of Topliss-reactive ketones (excluding diaryl/α,β-unsaturated/α-hetero) is 1. The molecule has 2 amide bonds. The second-order valence-corrected chi connectivity index (χ2v) is 11.6. The summed E-state index contributed by atoms with van der Waals surface area (Å²) in [6, 6.07) is -0.655. The number of amides is 2. The first kappa shape index (κ1) is 40.3. The summed E-state index contributed by atoms with van der Waals surface area (Å²) < 4.78 is 21.3. The maximum atomic E-state index is 12.3. The molecule has 0 bridgehead atoms. The van der Waals surface area contributed by atoms with E-state index in [0.29, 0.717) is 51.5 Å². The molecule has 2 aliphatic rings. The van der Waals surface area contributed by atoms with Crippen molar-refractivity contribution in [2.45, 2.75) is 132 Å². The molecule has 268 valence electrons. The van der Waals surface area contributed by atoms with Gasteiger partial charge in [0.2, 0.25) is 11.8 Å². The summed E-state index contributed by atoms with van der Waals surface area (Å²) in [4.78, 5) is 36.5. The van der Waals surface area contributed by atoms with E-state index < -0.39 is 80.7 Å². The van der Waals surface area contributed by atoms with E-state index in [1.807, 2.05) is 0 Å². The zero-order valence-corrected chi connectivity index (χ0v) is 26.2. The quantitative estimate of drug-likeness (QED) is 0.0528. The molecule has 2 rings (SSSR count). The minimum Gasteiger partial charge on any atom is -0.394 e. The molecule has 2 aliphatic heterocycles. The van der Waals surface area contributed by atoms with Gasteiger partial charge in [0.15, 0.2) is 18.4 Å². The molecule has 17 heteroatoms. The van der Waals surface area contributed by atoms with Gasteiger partial charge in [0.1, 0.15) is 48.8 Å². The van der Waals surface area contributed by atoms with Crippen molar-refractivity contribution in [3.05, 3.63) is 0 Å². The van der Waals surface area contributed by atoms with Crippen LogP contribution in [0, 0.1) is 0 Å². The molecule has 2 fully saturated rings. The Balaban J connectivity index is 1.52. The smallest absolute Gasteiger partial charge is 0.220 e. The molecule has 0 aromatic rings. The van der Waals surface area contributed by atoms with Crippen LogP contribution in [0.2, 0.25) is 0 Å². The first-order valence-electron chi connectivity index (χ1n) is 15.8. The Morgan fingerprint density at radius 1 is 0.652 bits per heavy atom. The first-order chi connectivity index (χ1) is 21.9. The van der Waals surface area contributed by atoms with E-state index in [4.69, 9.17) is 18.9 Å². The monoisotopic (exact) mass is 668 g/mol. The lowest BCUT2D eigenvalue weighted by Crippen LogP contribution is -2.59. The summed E-state index contributed by atoms with van der Waals surface area (Å²) in [5.41, 5.74) is 0. The predicted octanol–water partition coefficient (Wildman–Crippen LogP) is -3.68. The van der Waals surface area contributed by atoms with E-state index in [2.05, 4.69) is 10.6 Å². The number of ketones is 1. The van der Waals surface area contributed by atoms with Gasteiger partial charge in [-0.15, -0.1) is 0 Å². The largest absolute Gasteiger partial charge is 0.394 e. The van der Waals surface area contributed by atoms with Crippen LogP contribution in [0.3, 0.4) is 0 Å². The summed E-state index contributed by atoms with van der Waals surface area (Å²) in [7, 11) is 0. The van der Waals surface area contributed by atoms with Crippen LogP contribution in [0.1, 0.15) is 64.7 Å². The number of rotatable bonds is 21. The molecule has 10 unspecified atom stereocenters. The van der Waals surface area contributed by atoms with E-state index in [1.54, 1.807) is 0 Å². The van der Waals surface area contributed by atoms with Crippen molar-refractivity contribution in [2.75, 3.05) is 33.0 Å². The standard InChI is InChI=1S/C29H52N2O15/c1-16(34)17(31-21(36)10-4-7-13-44-29-27(42)25(40)23(38)19(15-33)46-29)8-2-5-11-30-20(35)9-3-6-12-43-28-26(41)24(39)22(37)18(14-32)45-28/h17-19,22-29,32-33,37-42H,2-15H2,1H3,(H,30,35)(H,31,36)/t17-,18?,19?,22?,23?,24?,25?,26?,27?,28?,29?/m1/s1. The van der Waals surface area contributed by atoms with Crippen molar-refractivity contribution in [2.24, 2.45) is 0 Å². The van der Waals surface area contributed by atoms with E-state index in [-0.39, 0.29) is 43.7 Å². The Morgan fingerprint density at radius 2 is 1.13 bits per heavy atom. The summed E-state index contributed by atoms with van der Waals surface area (Å²) in [5.74, 6) is -0.661. The highest BCUT2D eigenvalue weighted by Gasteiger charge is 2.45. The molecule has 0 radical (unpaired) electrons. The maximum Gasteiger partial charge on any atom is 0.220 e. The van der Waals surface area contributed by atoms with Crippen LogP contribution in [-0.4, -0.2) is 159 Å². The molecule has 0 spiro atoms. The molecule has 17 nitrogen and oxygen atoms in total. The lowest BCUT2D eigenvalue weighted by molar-refractivity contribution is -0.301. The van der Waals surface area contributed by atoms with Crippen molar-refractivity contribution in [3.63, 3.8) is 0 Å². The van der Waals surface area contributed by atoms with Crippen LogP contribution in [0.15, 0.2) is 0 Å². The fourth-order valence-corrected chi connectivity index (χ4v) is 5.02. The Morgan fingerprint density at radius 3 is 1.59 bits per heavy atom. The van der Waals surface area contributed by atoms with Crippen LogP contribution in [-0.2, 0) is 33.3 Å². The predicted molar refractivity (Wildman–Crippen MR) is 157 cm³/mol. The third-order valence-electron chi connectivity index (χ3n) is 7.93. The highest BCUT2D eigenvalue weighted by molar-refractivity contribution is 5.87. The Bertz CT molecular complexity index is 910. The number of carbonyl (C=O) groups is 3. The number of carbonyl (C=O) groups excluding carboxylic acids is 3. The third kappa shape index (κ3) is 13.0. The van der Waals surface area contributed by atoms with E-state index in [9.17, 15) is 55.2 Å². The highest BCUT2D eigenvalue weighted by atomic mass is 16.7. The average molecular weight is 669 g/mol. The van der Waals surface area contributed by atoms with Gasteiger partial charge in [0, 0.05) is 32.6 Å². The van der Waals surface area contributed by atoms with Gasteiger partial charge in [0.05, 0.1) is 19.3 Å². The van der Waals surface area contributed by atoms with Crippen LogP contribution < -0.4 is 10.6 Å². The molecular formula is C29H52N2O15. The van der Waals surface area contributed by atoms with Crippen LogP contribution >= 0.6 is 0 Å². The van der Waals surface area contributed by atoms with E-state index in [1.165, 1.54) is 6.92 Å². The zero-order valence-electron chi connectivity index (χ0n) is 26.2. The molecule has 0 saturated carbocycles. The molecular weight excluding hydrogens is 616 g/mol. The van der Waals surface area contributed by atoms with Gasteiger partial charge in [-0.25, -0.2) is 0 Å². The lowest BCUT2D eigenvalue weighted by Gasteiger charge is -2.39. The molecule has 0 aromatic carbocycles. The minimum absolute atomic E-state index is 0.0910. The molecule has 0 aromatic heterocycles. The fourth-order valence-electron chi connectivity index (χ4n) is 5.02. The normalized spacial score (nSPS) is 32.1. The first-order valence-corrected chi connectivity index (χ1v) is 15.8. The topological polar surface area (TPSA) is 274 Å². The second-order valence-electron chi connectivity index (χ2n) is 11.6. The highest BCUT2D eigenvalue weighted by Crippen LogP contribution is 2.23. The fraction of sp³-hybridized carbons (Fsp3) is 0.897. The van der Waals surface area contributed by atoms with Crippen molar-refractivity contribution in [1.29, 1.82) is 0 Å². The summed E-state index contributed by atoms with van der Waals surface area (Å²) in [5, 5.41) is 83.1. The lowest BCUT2D eigenvalue weighted by atomic mass is 9.99. The van der Waals surface area contributed by atoms with Crippen molar-refractivity contribution in [3.8, 4) is 0 Å². The van der Waals surface area contributed by atoms with Gasteiger partial charge in [-0.3, -0.25) is 14.4 Å². The van der Waals surface area contributed by atoms with Crippen LogP contribution in [0.5, 0.6) is 0 Å². The molecule has 10 N–H and O–H groups in total. The van der Waals surface area contributed by atoms with Gasteiger partial charge in [-0.05, 0) is 51.9 Å². The summed E-state index contributed by atoms with van der Waals surface area (Å²) >= 11 is 0. The molecule has 2 heterocycles. The average Bonchev–Trinajstić information content (AvgIpc) is 3.03. The number of unbranched alkanes of at least 4 members (excludes halogenated alkanes) is 3. The number of hydrogen-bond acceptors (Lipinski definition) is 15. The second kappa shape index (κ2) is 21.2. The van der Waals surface area contributed by atoms with E-state index >= 15 is 0 Å². The summed E-state index contributed by atoms with van der Waals surface area (Å²) in [6.07, 6.45) is -9.77. The SMILES string of the molecule is CC(=O)[C@@H](CCCCNC(=O)CCCCOC1OC(CO)C(O)C(O)C1O)NC(=O)CCCCOC1OC(CO)C(O)C(O)C1O. The number of nitrogens with one attached hydrogen (secondary N) is 2. The van der Waals surface area contributed by atoms with Crippen LogP contribution in [0.4, 0.5) is 0 Å². The summed E-state index contributed by atoms with van der Waals surface area (Å²) in [6.45, 7) is 0.898. The van der Waals surface area contributed by atoms with Gasteiger partial charge in [-0.1, -0.05) is 0 Å². The minimum atomic E-state index is -1.53. The molecule has 2 saturated heterocycles. The Kier molecular flexibility index (Phi) is 18.6. The Hall–Kier alpha value is -1.87. The number of ether oxygens (including phenoxy) is 4. The van der Waals surface area contributed by atoms with Crippen molar-refractivity contribution < 1.29 is 74.2 Å². The van der Waals surface area contributed by atoms with Gasteiger partial charge >= 0.3 is 0 Å². The number of aliphatic hydroxyl groups excluding tert-OH is 8. The number of aliphatic hydroxyl groups is 8. The molecule has 0 aliphatic carbocycles. The van der Waals surface area contributed by atoms with Gasteiger partial charge in [-0.2, -0.15) is 0 Å². The molecule has 11 atom stereocenters. The zero-order chi connectivity index (χ0) is 34.2.